The van der Waals surface area contributed by atoms with Gasteiger partial charge in [-0.05, 0) is 30.2 Å². The number of alkyl halides is 3. The first-order valence-corrected chi connectivity index (χ1v) is 7.46. The fourth-order valence-corrected chi connectivity index (χ4v) is 2.17. The van der Waals surface area contributed by atoms with Gasteiger partial charge in [-0.3, -0.25) is 9.59 Å². The average Bonchev–Trinajstić information content (AvgIpc) is 2.54. The van der Waals surface area contributed by atoms with Gasteiger partial charge in [-0.15, -0.1) is 0 Å². The van der Waals surface area contributed by atoms with Crippen LogP contribution < -0.4 is 10.9 Å². The largest absolute Gasteiger partial charge is 0.417 e. The number of halogens is 3. The molecule has 0 unspecified atom stereocenters. The average molecular weight is 338 g/mol. The van der Waals surface area contributed by atoms with Crippen molar-refractivity contribution in [1.82, 2.24) is 9.88 Å². The van der Waals surface area contributed by atoms with Gasteiger partial charge in [0.1, 0.15) is 0 Å². The molecular formula is C17H17F3N2O2. The van der Waals surface area contributed by atoms with Crippen molar-refractivity contribution in [1.29, 1.82) is 0 Å². The van der Waals surface area contributed by atoms with Gasteiger partial charge in [0.15, 0.2) is 0 Å². The zero-order chi connectivity index (χ0) is 17.7. The Morgan fingerprint density at radius 3 is 2.62 bits per heavy atom. The number of pyridine rings is 1. The molecule has 0 aliphatic carbocycles. The fraction of sp³-hybridized carbons (Fsp3) is 0.294. The second kappa shape index (κ2) is 7.33. The van der Waals surface area contributed by atoms with Crippen LogP contribution in [0.1, 0.15) is 34.8 Å². The van der Waals surface area contributed by atoms with Crippen molar-refractivity contribution < 1.29 is 18.0 Å². The summed E-state index contributed by atoms with van der Waals surface area (Å²) in [4.78, 5) is 23.7. The fourth-order valence-electron chi connectivity index (χ4n) is 2.17. The van der Waals surface area contributed by atoms with Gasteiger partial charge in [0.25, 0.3) is 11.5 Å². The first-order valence-electron chi connectivity index (χ1n) is 7.46. The molecule has 2 rings (SSSR count). The van der Waals surface area contributed by atoms with Gasteiger partial charge in [0.2, 0.25) is 0 Å². The summed E-state index contributed by atoms with van der Waals surface area (Å²) in [7, 11) is 0. The zero-order valence-electron chi connectivity index (χ0n) is 13.1. The van der Waals surface area contributed by atoms with Crippen LogP contribution in [0.4, 0.5) is 13.2 Å². The Balaban J connectivity index is 2.26. The van der Waals surface area contributed by atoms with Crippen LogP contribution in [0.3, 0.4) is 0 Å². The van der Waals surface area contributed by atoms with Crippen molar-refractivity contribution in [3.63, 3.8) is 0 Å². The molecule has 7 heteroatoms. The summed E-state index contributed by atoms with van der Waals surface area (Å²) in [6.07, 6.45) is -2.94. The van der Waals surface area contributed by atoms with Crippen LogP contribution >= 0.6 is 0 Å². The second-order valence-corrected chi connectivity index (χ2v) is 5.34. The van der Waals surface area contributed by atoms with E-state index in [1.54, 1.807) is 24.3 Å². The number of benzene rings is 1. The molecule has 0 saturated carbocycles. The van der Waals surface area contributed by atoms with E-state index in [4.69, 9.17) is 0 Å². The standard InChI is InChI=1S/C17H17F3N2O2/c1-2-8-21-16(24)13-5-3-4-12(9-13)10-22-11-14(17(18,19)20)6-7-15(22)23/h3-7,9,11H,2,8,10H2,1H3,(H,21,24). The van der Waals surface area contributed by atoms with Crippen LogP contribution in [0.5, 0.6) is 0 Å². The molecule has 1 N–H and O–H groups in total. The molecule has 0 aliphatic heterocycles. The van der Waals surface area contributed by atoms with E-state index in [1.165, 1.54) is 0 Å². The Bertz CT molecular complexity index is 782. The predicted molar refractivity (Wildman–Crippen MR) is 83.9 cm³/mol. The van der Waals surface area contributed by atoms with Crippen LogP contribution in [-0.2, 0) is 12.7 Å². The van der Waals surface area contributed by atoms with E-state index in [-0.39, 0.29) is 12.5 Å². The van der Waals surface area contributed by atoms with E-state index in [0.29, 0.717) is 17.7 Å². The molecule has 1 aromatic heterocycles. The molecule has 0 radical (unpaired) electrons. The normalized spacial score (nSPS) is 11.3. The number of hydrogen-bond acceptors (Lipinski definition) is 2. The summed E-state index contributed by atoms with van der Waals surface area (Å²) in [6, 6.07) is 8.12. The van der Waals surface area contributed by atoms with E-state index in [2.05, 4.69) is 5.32 Å². The highest BCUT2D eigenvalue weighted by Gasteiger charge is 2.31. The molecule has 128 valence electrons. The summed E-state index contributed by atoms with van der Waals surface area (Å²) in [5, 5.41) is 2.72. The molecule has 0 bridgehead atoms. The lowest BCUT2D eigenvalue weighted by Crippen LogP contribution is -2.24. The van der Waals surface area contributed by atoms with Gasteiger partial charge in [-0.25, -0.2) is 0 Å². The minimum absolute atomic E-state index is 0.0440. The van der Waals surface area contributed by atoms with Crippen LogP contribution in [0.2, 0.25) is 0 Å². The van der Waals surface area contributed by atoms with Gasteiger partial charge in [0, 0.05) is 24.4 Å². The lowest BCUT2D eigenvalue weighted by atomic mass is 10.1. The summed E-state index contributed by atoms with van der Waals surface area (Å²) < 4.78 is 39.3. The Morgan fingerprint density at radius 1 is 1.21 bits per heavy atom. The number of carbonyl (C=O) groups excluding carboxylic acids is 1. The van der Waals surface area contributed by atoms with Crippen LogP contribution in [0, 0.1) is 0 Å². The van der Waals surface area contributed by atoms with E-state index in [0.717, 1.165) is 29.3 Å². The smallest absolute Gasteiger partial charge is 0.352 e. The zero-order valence-corrected chi connectivity index (χ0v) is 13.1. The van der Waals surface area contributed by atoms with Crippen molar-refractivity contribution in [2.75, 3.05) is 6.54 Å². The number of nitrogens with zero attached hydrogens (tertiary/aromatic N) is 1. The summed E-state index contributed by atoms with van der Waals surface area (Å²) in [5.41, 5.74) is -0.454. The molecular weight excluding hydrogens is 321 g/mol. The Hall–Kier alpha value is -2.57. The number of rotatable bonds is 5. The molecule has 1 heterocycles. The maximum atomic E-state index is 12.8. The topological polar surface area (TPSA) is 51.1 Å². The second-order valence-electron chi connectivity index (χ2n) is 5.34. The van der Waals surface area contributed by atoms with Crippen LogP contribution in [0.15, 0.2) is 47.4 Å². The molecule has 2 aromatic rings. The SMILES string of the molecule is CCCNC(=O)c1cccc(Cn2cc(C(F)(F)F)ccc2=O)c1. The van der Waals surface area contributed by atoms with Crippen molar-refractivity contribution in [2.24, 2.45) is 0 Å². The molecule has 24 heavy (non-hydrogen) atoms. The van der Waals surface area contributed by atoms with Gasteiger partial charge >= 0.3 is 6.18 Å². The number of hydrogen-bond donors (Lipinski definition) is 1. The highest BCUT2D eigenvalue weighted by Crippen LogP contribution is 2.28. The minimum Gasteiger partial charge on any atom is -0.352 e. The van der Waals surface area contributed by atoms with Gasteiger partial charge in [-0.2, -0.15) is 13.2 Å². The molecule has 1 aromatic carbocycles. The Morgan fingerprint density at radius 2 is 1.96 bits per heavy atom. The predicted octanol–water partition coefficient (Wildman–Crippen LogP) is 3.06. The summed E-state index contributed by atoms with van der Waals surface area (Å²) in [6.45, 7) is 2.42. The maximum absolute atomic E-state index is 12.8. The Labute approximate surface area is 136 Å². The molecule has 1 amide bonds. The molecule has 4 nitrogen and oxygen atoms in total. The van der Waals surface area contributed by atoms with Gasteiger partial charge in [-0.1, -0.05) is 19.1 Å². The minimum atomic E-state index is -4.52. The first-order chi connectivity index (χ1) is 11.3. The molecule has 0 aliphatic rings. The number of nitrogens with one attached hydrogen (secondary N) is 1. The highest BCUT2D eigenvalue weighted by atomic mass is 19.4. The number of amides is 1. The van der Waals surface area contributed by atoms with E-state index >= 15 is 0 Å². The lowest BCUT2D eigenvalue weighted by Gasteiger charge is -2.11. The number of carbonyl (C=O) groups is 1. The maximum Gasteiger partial charge on any atom is 0.417 e. The Kier molecular flexibility index (Phi) is 5.43. The quantitative estimate of drug-likeness (QED) is 0.911. The van der Waals surface area contributed by atoms with Gasteiger partial charge in [0.05, 0.1) is 12.1 Å². The monoisotopic (exact) mass is 338 g/mol. The van der Waals surface area contributed by atoms with Crippen LogP contribution in [-0.4, -0.2) is 17.0 Å². The third-order valence-electron chi connectivity index (χ3n) is 3.39. The van der Waals surface area contributed by atoms with Gasteiger partial charge < -0.3 is 9.88 Å². The molecule has 0 atom stereocenters. The molecule has 0 spiro atoms. The third kappa shape index (κ3) is 4.47. The highest BCUT2D eigenvalue weighted by molar-refractivity contribution is 5.94. The summed E-state index contributed by atoms with van der Waals surface area (Å²) >= 11 is 0. The van der Waals surface area contributed by atoms with E-state index in [9.17, 15) is 22.8 Å². The van der Waals surface area contributed by atoms with E-state index in [1.807, 2.05) is 6.92 Å². The van der Waals surface area contributed by atoms with Crippen molar-refractivity contribution in [2.45, 2.75) is 26.1 Å². The first kappa shape index (κ1) is 17.8. The molecule has 0 fully saturated rings. The van der Waals surface area contributed by atoms with Crippen molar-refractivity contribution in [3.8, 4) is 0 Å². The molecule has 0 saturated heterocycles. The van der Waals surface area contributed by atoms with Crippen molar-refractivity contribution in [3.05, 3.63) is 69.6 Å². The van der Waals surface area contributed by atoms with Crippen molar-refractivity contribution >= 4 is 5.91 Å². The number of aromatic nitrogens is 1. The summed E-state index contributed by atoms with van der Waals surface area (Å²) in [5.74, 6) is -0.255. The lowest BCUT2D eigenvalue weighted by molar-refractivity contribution is -0.138. The third-order valence-corrected chi connectivity index (χ3v) is 3.39. The van der Waals surface area contributed by atoms with E-state index < -0.39 is 17.3 Å². The van der Waals surface area contributed by atoms with Crippen LogP contribution in [0.25, 0.3) is 0 Å².